The fourth-order valence-electron chi connectivity index (χ4n) is 2.61. The van der Waals surface area contributed by atoms with Gasteiger partial charge in [-0.1, -0.05) is 18.2 Å². The van der Waals surface area contributed by atoms with Crippen LogP contribution in [0.15, 0.2) is 47.4 Å². The van der Waals surface area contributed by atoms with Gasteiger partial charge in [0.1, 0.15) is 17.4 Å². The second kappa shape index (κ2) is 8.87. The predicted molar refractivity (Wildman–Crippen MR) is 104 cm³/mol. The summed E-state index contributed by atoms with van der Waals surface area (Å²) in [5.41, 5.74) is 0.0145. The fourth-order valence-corrected chi connectivity index (χ4v) is 3.47. The third-order valence-corrected chi connectivity index (χ3v) is 5.01. The van der Waals surface area contributed by atoms with E-state index >= 15 is 0 Å². The van der Waals surface area contributed by atoms with Crippen LogP contribution in [0.4, 0.5) is 13.6 Å². The quantitative estimate of drug-likeness (QED) is 0.728. The third-order valence-electron chi connectivity index (χ3n) is 4.11. The van der Waals surface area contributed by atoms with Crippen LogP contribution < -0.4 is 10.1 Å². The molecular formula is C20H16F2N2O4S. The molecule has 1 saturated heterocycles. The number of ether oxygens (including phenoxy) is 1. The topological polar surface area (TPSA) is 75.7 Å². The molecule has 1 heterocycles. The molecule has 0 radical (unpaired) electrons. The number of methoxy groups -OCH3 is 1. The van der Waals surface area contributed by atoms with Crippen molar-refractivity contribution in [3.8, 4) is 5.75 Å². The summed E-state index contributed by atoms with van der Waals surface area (Å²) in [5, 5.41) is 1.94. The highest BCUT2D eigenvalue weighted by Crippen LogP contribution is 2.32. The number of carbonyl (C=O) groups is 3. The first-order valence-corrected chi connectivity index (χ1v) is 9.34. The van der Waals surface area contributed by atoms with Crippen molar-refractivity contribution in [2.24, 2.45) is 0 Å². The number of imide groups is 1. The van der Waals surface area contributed by atoms with Gasteiger partial charge in [0.05, 0.1) is 17.6 Å². The van der Waals surface area contributed by atoms with E-state index < -0.39 is 28.7 Å². The van der Waals surface area contributed by atoms with Crippen molar-refractivity contribution in [3.05, 3.63) is 70.1 Å². The molecule has 1 aliphatic rings. The molecule has 1 fully saturated rings. The summed E-state index contributed by atoms with van der Waals surface area (Å²) in [6.45, 7) is -0.155. The largest absolute Gasteiger partial charge is 0.497 e. The summed E-state index contributed by atoms with van der Waals surface area (Å²) in [7, 11) is 1.38. The molecule has 0 unspecified atom stereocenters. The molecule has 0 atom stereocenters. The first-order chi connectivity index (χ1) is 13.9. The van der Waals surface area contributed by atoms with Crippen molar-refractivity contribution in [1.82, 2.24) is 10.2 Å². The van der Waals surface area contributed by atoms with E-state index in [1.165, 1.54) is 43.5 Å². The van der Waals surface area contributed by atoms with Gasteiger partial charge in [0.25, 0.3) is 17.1 Å². The molecule has 29 heavy (non-hydrogen) atoms. The summed E-state index contributed by atoms with van der Waals surface area (Å²) < 4.78 is 32.6. The SMILES string of the molecule is COc1ccc(C(=O)NCCN2C(=O)S/C(=C\c3ccccc3F)C2=O)c(F)c1. The Morgan fingerprint density at radius 2 is 1.93 bits per heavy atom. The number of hydrogen-bond donors (Lipinski definition) is 1. The van der Waals surface area contributed by atoms with Crippen LogP contribution in [0.1, 0.15) is 15.9 Å². The van der Waals surface area contributed by atoms with E-state index in [-0.39, 0.29) is 34.9 Å². The number of amides is 3. The van der Waals surface area contributed by atoms with E-state index in [0.717, 1.165) is 11.0 Å². The smallest absolute Gasteiger partial charge is 0.293 e. The molecule has 2 aromatic carbocycles. The van der Waals surface area contributed by atoms with Crippen LogP contribution in [0, 0.1) is 11.6 Å². The van der Waals surface area contributed by atoms with Gasteiger partial charge >= 0.3 is 0 Å². The number of benzene rings is 2. The highest BCUT2D eigenvalue weighted by molar-refractivity contribution is 8.18. The van der Waals surface area contributed by atoms with E-state index in [1.807, 2.05) is 0 Å². The third kappa shape index (κ3) is 4.62. The minimum Gasteiger partial charge on any atom is -0.497 e. The van der Waals surface area contributed by atoms with Crippen LogP contribution in [0.3, 0.4) is 0 Å². The fraction of sp³-hybridized carbons (Fsp3) is 0.150. The van der Waals surface area contributed by atoms with Gasteiger partial charge in [-0.2, -0.15) is 0 Å². The molecule has 0 saturated carbocycles. The first-order valence-electron chi connectivity index (χ1n) is 8.52. The van der Waals surface area contributed by atoms with Gasteiger partial charge in [0, 0.05) is 24.7 Å². The average molecular weight is 418 g/mol. The second-order valence-corrected chi connectivity index (χ2v) is 6.95. The van der Waals surface area contributed by atoms with Crippen molar-refractivity contribution in [3.63, 3.8) is 0 Å². The Morgan fingerprint density at radius 3 is 2.62 bits per heavy atom. The van der Waals surface area contributed by atoms with Crippen molar-refractivity contribution < 1.29 is 27.9 Å². The summed E-state index contributed by atoms with van der Waals surface area (Å²) in [5.74, 6) is -2.24. The Labute approximate surface area is 169 Å². The van der Waals surface area contributed by atoms with Gasteiger partial charge in [0.2, 0.25) is 0 Å². The number of hydrogen-bond acceptors (Lipinski definition) is 5. The van der Waals surface area contributed by atoms with Crippen LogP contribution in [0.2, 0.25) is 0 Å². The molecule has 3 rings (SSSR count). The highest BCUT2D eigenvalue weighted by atomic mass is 32.2. The number of rotatable bonds is 6. The predicted octanol–water partition coefficient (Wildman–Crippen LogP) is 3.44. The summed E-state index contributed by atoms with van der Waals surface area (Å²) in [4.78, 5) is 37.6. The number of thioether (sulfide) groups is 1. The highest BCUT2D eigenvalue weighted by Gasteiger charge is 2.34. The van der Waals surface area contributed by atoms with E-state index in [1.54, 1.807) is 6.07 Å². The lowest BCUT2D eigenvalue weighted by atomic mass is 10.2. The monoisotopic (exact) mass is 418 g/mol. The standard InChI is InChI=1S/C20H16F2N2O4S/c1-28-13-6-7-14(16(22)11-13)18(25)23-8-9-24-19(26)17(29-20(24)27)10-12-4-2-3-5-15(12)21/h2-7,10-11H,8-9H2,1H3,(H,23,25)/b17-10-. The van der Waals surface area contributed by atoms with Crippen LogP contribution in [0.5, 0.6) is 5.75 Å². The van der Waals surface area contributed by atoms with Gasteiger partial charge in [-0.3, -0.25) is 19.3 Å². The molecular weight excluding hydrogens is 402 g/mol. The summed E-state index contributed by atoms with van der Waals surface area (Å²) in [6.07, 6.45) is 1.31. The van der Waals surface area contributed by atoms with Gasteiger partial charge < -0.3 is 10.1 Å². The van der Waals surface area contributed by atoms with E-state index in [4.69, 9.17) is 4.74 Å². The molecule has 150 valence electrons. The number of nitrogens with one attached hydrogen (secondary N) is 1. The normalized spacial score (nSPS) is 15.1. The number of carbonyl (C=O) groups excluding carboxylic acids is 3. The maximum absolute atomic E-state index is 13.9. The summed E-state index contributed by atoms with van der Waals surface area (Å²) >= 11 is 0.692. The second-order valence-electron chi connectivity index (χ2n) is 5.96. The average Bonchev–Trinajstić information content (AvgIpc) is 2.96. The molecule has 1 N–H and O–H groups in total. The molecule has 0 bridgehead atoms. The van der Waals surface area contributed by atoms with Crippen molar-refractivity contribution in [1.29, 1.82) is 0 Å². The van der Waals surface area contributed by atoms with Gasteiger partial charge in [-0.05, 0) is 36.0 Å². The molecule has 0 aliphatic carbocycles. The van der Waals surface area contributed by atoms with E-state index in [0.29, 0.717) is 11.8 Å². The zero-order valence-corrected chi connectivity index (χ0v) is 16.1. The van der Waals surface area contributed by atoms with Crippen LogP contribution in [-0.4, -0.2) is 42.2 Å². The number of halogens is 2. The van der Waals surface area contributed by atoms with Gasteiger partial charge in [-0.25, -0.2) is 8.78 Å². The van der Waals surface area contributed by atoms with Gasteiger partial charge in [-0.15, -0.1) is 0 Å². The van der Waals surface area contributed by atoms with Crippen molar-refractivity contribution >= 4 is 34.9 Å². The molecule has 2 aromatic rings. The Kier molecular flexibility index (Phi) is 6.28. The van der Waals surface area contributed by atoms with Crippen molar-refractivity contribution in [2.45, 2.75) is 0 Å². The lowest BCUT2D eigenvalue weighted by Gasteiger charge is -2.13. The minimum atomic E-state index is -0.749. The van der Waals surface area contributed by atoms with Crippen LogP contribution in [0.25, 0.3) is 6.08 Å². The lowest BCUT2D eigenvalue weighted by Crippen LogP contribution is -2.37. The first kappa shape index (κ1) is 20.5. The van der Waals surface area contributed by atoms with E-state index in [9.17, 15) is 23.2 Å². The maximum Gasteiger partial charge on any atom is 0.293 e. The molecule has 0 aromatic heterocycles. The van der Waals surface area contributed by atoms with E-state index in [2.05, 4.69) is 5.32 Å². The lowest BCUT2D eigenvalue weighted by molar-refractivity contribution is -0.122. The molecule has 1 aliphatic heterocycles. The minimum absolute atomic E-state index is 0.0602. The molecule has 9 heteroatoms. The van der Waals surface area contributed by atoms with Crippen LogP contribution in [-0.2, 0) is 4.79 Å². The molecule has 3 amide bonds. The molecule has 6 nitrogen and oxygen atoms in total. The van der Waals surface area contributed by atoms with Crippen molar-refractivity contribution in [2.75, 3.05) is 20.2 Å². The zero-order chi connectivity index (χ0) is 21.0. The summed E-state index contributed by atoms with van der Waals surface area (Å²) in [6, 6.07) is 9.69. The van der Waals surface area contributed by atoms with Crippen LogP contribution >= 0.6 is 11.8 Å². The Morgan fingerprint density at radius 1 is 1.17 bits per heavy atom. The Bertz CT molecular complexity index is 1010. The molecule has 0 spiro atoms. The van der Waals surface area contributed by atoms with Gasteiger partial charge in [0.15, 0.2) is 0 Å². The maximum atomic E-state index is 13.9. The zero-order valence-electron chi connectivity index (χ0n) is 15.3. The Balaban J connectivity index is 1.61. The Hall–Kier alpha value is -3.20. The number of nitrogens with zero attached hydrogens (tertiary/aromatic N) is 1.